The number of hydrogen-bond donors (Lipinski definition) is 1. The van der Waals surface area contributed by atoms with E-state index in [-0.39, 0.29) is 12.5 Å². The quantitative estimate of drug-likeness (QED) is 0.768. The maximum absolute atomic E-state index is 11.4. The smallest absolute Gasteiger partial charge is 0.325 e. The topological polar surface area (TPSA) is 38.3 Å². The van der Waals surface area contributed by atoms with Gasteiger partial charge in [0.25, 0.3) is 0 Å². The fraction of sp³-hybridized carbons (Fsp3) is 0.500. The van der Waals surface area contributed by atoms with E-state index >= 15 is 0 Å². The molecule has 17 heavy (non-hydrogen) atoms. The van der Waals surface area contributed by atoms with Gasteiger partial charge in [-0.3, -0.25) is 4.79 Å². The average Bonchev–Trinajstić information content (AvgIpc) is 3.12. The highest BCUT2D eigenvalue weighted by molar-refractivity contribution is 5.74. The van der Waals surface area contributed by atoms with Gasteiger partial charge in [0.1, 0.15) is 6.54 Å². The van der Waals surface area contributed by atoms with E-state index < -0.39 is 0 Å². The number of carbonyl (C=O) groups excluding carboxylic acids is 1. The van der Waals surface area contributed by atoms with E-state index in [4.69, 9.17) is 4.74 Å². The Morgan fingerprint density at radius 1 is 1.35 bits per heavy atom. The summed E-state index contributed by atoms with van der Waals surface area (Å²) in [5.74, 6) is 0.638. The summed E-state index contributed by atoms with van der Waals surface area (Å²) < 4.78 is 5.14. The molecule has 1 aliphatic carbocycles. The van der Waals surface area contributed by atoms with Crippen LogP contribution < -0.4 is 5.32 Å². The second-order valence-corrected chi connectivity index (χ2v) is 4.67. The average molecular weight is 233 g/mol. The molecule has 1 aromatic rings. The first-order chi connectivity index (χ1) is 8.24. The van der Waals surface area contributed by atoms with Crippen LogP contribution in [-0.4, -0.2) is 19.1 Å². The van der Waals surface area contributed by atoms with Crippen LogP contribution in [0.5, 0.6) is 0 Å². The summed E-state index contributed by atoms with van der Waals surface area (Å²) in [7, 11) is 0. The third-order valence-electron chi connectivity index (χ3n) is 2.97. The van der Waals surface area contributed by atoms with Gasteiger partial charge in [-0.05, 0) is 31.4 Å². The molecule has 0 bridgehead atoms. The molecule has 0 amide bonds. The first-order valence-electron chi connectivity index (χ1n) is 6.20. The normalized spacial score (nSPS) is 14.4. The van der Waals surface area contributed by atoms with Crippen molar-refractivity contribution in [3.05, 3.63) is 29.8 Å². The summed E-state index contributed by atoms with van der Waals surface area (Å²) in [4.78, 5) is 11.4. The summed E-state index contributed by atoms with van der Waals surface area (Å²) in [5.41, 5.74) is 2.16. The van der Waals surface area contributed by atoms with Crippen molar-refractivity contribution < 1.29 is 9.53 Å². The van der Waals surface area contributed by atoms with Crippen molar-refractivity contribution in [2.24, 2.45) is 5.92 Å². The van der Waals surface area contributed by atoms with Gasteiger partial charge < -0.3 is 10.1 Å². The third kappa shape index (κ3) is 4.47. The second kappa shape index (κ2) is 5.71. The van der Waals surface area contributed by atoms with Crippen LogP contribution in [0.3, 0.4) is 0 Å². The van der Waals surface area contributed by atoms with Crippen molar-refractivity contribution in [2.45, 2.75) is 26.2 Å². The highest BCUT2D eigenvalue weighted by Gasteiger charge is 2.21. The Morgan fingerprint density at radius 2 is 2.06 bits per heavy atom. The van der Waals surface area contributed by atoms with Gasteiger partial charge >= 0.3 is 5.97 Å². The molecule has 0 spiro atoms. The van der Waals surface area contributed by atoms with Crippen LogP contribution in [0.4, 0.5) is 5.69 Å². The van der Waals surface area contributed by atoms with Gasteiger partial charge in [0.15, 0.2) is 0 Å². The third-order valence-corrected chi connectivity index (χ3v) is 2.97. The van der Waals surface area contributed by atoms with Crippen LogP contribution in [0.25, 0.3) is 0 Å². The lowest BCUT2D eigenvalue weighted by Gasteiger charge is -2.07. The van der Waals surface area contributed by atoms with Crippen LogP contribution in [0, 0.1) is 12.8 Å². The van der Waals surface area contributed by atoms with Crippen molar-refractivity contribution in [3.8, 4) is 0 Å². The van der Waals surface area contributed by atoms with Gasteiger partial charge in [0, 0.05) is 5.69 Å². The Labute approximate surface area is 102 Å². The number of carbonyl (C=O) groups is 1. The zero-order chi connectivity index (χ0) is 12.1. The highest BCUT2D eigenvalue weighted by Crippen LogP contribution is 2.32. The van der Waals surface area contributed by atoms with Crippen LogP contribution in [0.2, 0.25) is 0 Å². The number of benzene rings is 1. The van der Waals surface area contributed by atoms with Gasteiger partial charge in [-0.2, -0.15) is 0 Å². The zero-order valence-corrected chi connectivity index (χ0v) is 10.2. The largest absolute Gasteiger partial charge is 0.464 e. The Bertz CT molecular complexity index is 368. The predicted octanol–water partition coefficient (Wildman–Crippen LogP) is 2.75. The van der Waals surface area contributed by atoms with E-state index in [0.717, 1.165) is 18.0 Å². The molecule has 0 unspecified atom stereocenters. The molecule has 1 saturated carbocycles. The summed E-state index contributed by atoms with van der Waals surface area (Å²) in [5, 5.41) is 3.05. The number of aryl methyl sites for hydroxylation is 1. The number of hydrogen-bond acceptors (Lipinski definition) is 3. The van der Waals surface area contributed by atoms with Crippen LogP contribution in [0.15, 0.2) is 24.3 Å². The van der Waals surface area contributed by atoms with Crippen molar-refractivity contribution in [2.75, 3.05) is 18.5 Å². The minimum Gasteiger partial charge on any atom is -0.464 e. The van der Waals surface area contributed by atoms with Crippen molar-refractivity contribution >= 4 is 11.7 Å². The van der Waals surface area contributed by atoms with Gasteiger partial charge in [0.05, 0.1) is 6.61 Å². The molecule has 1 N–H and O–H groups in total. The first kappa shape index (κ1) is 12.0. The lowest BCUT2D eigenvalue weighted by molar-refractivity contribution is -0.141. The van der Waals surface area contributed by atoms with Crippen molar-refractivity contribution in [1.82, 2.24) is 0 Å². The molecular formula is C14H19NO2. The predicted molar refractivity (Wildman–Crippen MR) is 68.0 cm³/mol. The summed E-state index contributed by atoms with van der Waals surface area (Å²) >= 11 is 0. The monoisotopic (exact) mass is 233 g/mol. The van der Waals surface area contributed by atoms with Crippen molar-refractivity contribution in [3.63, 3.8) is 0 Å². The van der Waals surface area contributed by atoms with Gasteiger partial charge in [0.2, 0.25) is 0 Å². The summed E-state index contributed by atoms with van der Waals surface area (Å²) in [6.07, 6.45) is 3.63. The maximum atomic E-state index is 11.4. The molecule has 0 saturated heterocycles. The van der Waals surface area contributed by atoms with Crippen molar-refractivity contribution in [1.29, 1.82) is 0 Å². The Kier molecular flexibility index (Phi) is 4.02. The van der Waals surface area contributed by atoms with Gasteiger partial charge in [-0.15, -0.1) is 0 Å². The zero-order valence-electron chi connectivity index (χ0n) is 10.2. The Morgan fingerprint density at radius 3 is 2.71 bits per heavy atom. The number of esters is 1. The van der Waals surface area contributed by atoms with E-state index in [0.29, 0.717) is 6.61 Å². The molecule has 0 radical (unpaired) electrons. The van der Waals surface area contributed by atoms with Crippen LogP contribution >= 0.6 is 0 Å². The minimum absolute atomic E-state index is 0.175. The SMILES string of the molecule is Cc1ccc(NCC(=O)OCCC2CC2)cc1. The molecule has 3 heteroatoms. The minimum atomic E-state index is -0.175. The molecule has 0 atom stereocenters. The Balaban J connectivity index is 1.62. The number of nitrogens with one attached hydrogen (secondary N) is 1. The van der Waals surface area contributed by atoms with Crippen LogP contribution in [0.1, 0.15) is 24.8 Å². The molecule has 1 aliphatic rings. The van der Waals surface area contributed by atoms with Crippen LogP contribution in [-0.2, 0) is 9.53 Å². The van der Waals surface area contributed by atoms with Gasteiger partial charge in [-0.1, -0.05) is 30.5 Å². The van der Waals surface area contributed by atoms with E-state index in [9.17, 15) is 4.79 Å². The number of anilines is 1. The fourth-order valence-electron chi connectivity index (χ4n) is 1.64. The van der Waals surface area contributed by atoms with E-state index in [2.05, 4.69) is 5.32 Å². The lowest BCUT2D eigenvalue weighted by atomic mass is 10.2. The second-order valence-electron chi connectivity index (χ2n) is 4.67. The Hall–Kier alpha value is -1.51. The number of rotatable bonds is 6. The maximum Gasteiger partial charge on any atom is 0.325 e. The molecule has 1 fully saturated rings. The number of ether oxygens (including phenoxy) is 1. The molecule has 3 nitrogen and oxygen atoms in total. The fourth-order valence-corrected chi connectivity index (χ4v) is 1.64. The summed E-state index contributed by atoms with van der Waals surface area (Å²) in [6, 6.07) is 7.96. The molecule has 92 valence electrons. The van der Waals surface area contributed by atoms with Gasteiger partial charge in [-0.25, -0.2) is 0 Å². The summed E-state index contributed by atoms with van der Waals surface area (Å²) in [6.45, 7) is 2.85. The first-order valence-corrected chi connectivity index (χ1v) is 6.20. The van der Waals surface area contributed by atoms with E-state index in [1.54, 1.807) is 0 Å². The molecule has 1 aromatic carbocycles. The molecule has 0 heterocycles. The molecular weight excluding hydrogens is 214 g/mol. The molecule has 0 aliphatic heterocycles. The highest BCUT2D eigenvalue weighted by atomic mass is 16.5. The molecule has 0 aromatic heterocycles. The van der Waals surface area contributed by atoms with E-state index in [1.807, 2.05) is 31.2 Å². The standard InChI is InChI=1S/C14H19NO2/c1-11-2-6-13(7-3-11)15-10-14(16)17-9-8-12-4-5-12/h2-3,6-7,12,15H,4-5,8-10H2,1H3. The lowest BCUT2D eigenvalue weighted by Crippen LogP contribution is -2.17. The van der Waals surface area contributed by atoms with E-state index in [1.165, 1.54) is 18.4 Å². The molecule has 2 rings (SSSR count).